The lowest BCUT2D eigenvalue weighted by atomic mass is 10.0. The minimum atomic E-state index is 0.166. The second-order valence-corrected chi connectivity index (χ2v) is 5.36. The highest BCUT2D eigenvalue weighted by atomic mass is 16.5. The summed E-state index contributed by atoms with van der Waals surface area (Å²) in [7, 11) is 0. The largest absolute Gasteiger partial charge is 0.378 e. The average Bonchev–Trinajstić information content (AvgIpc) is 2.93. The van der Waals surface area contributed by atoms with Gasteiger partial charge in [-0.1, -0.05) is 12.8 Å². The van der Waals surface area contributed by atoms with Gasteiger partial charge >= 0.3 is 0 Å². The molecule has 2 heterocycles. The zero-order chi connectivity index (χ0) is 12.4. The summed E-state index contributed by atoms with van der Waals surface area (Å²) in [6.45, 7) is 4.43. The summed E-state index contributed by atoms with van der Waals surface area (Å²) in [5, 5.41) is 3.43. The Labute approximate surface area is 108 Å². The molecule has 18 heavy (non-hydrogen) atoms. The summed E-state index contributed by atoms with van der Waals surface area (Å²) in [4.78, 5) is 9.36. The number of ether oxygens (including phenoxy) is 1. The zero-order valence-electron chi connectivity index (χ0n) is 11.0. The molecule has 1 aliphatic carbocycles. The smallest absolute Gasteiger partial charge is 0.148 e. The van der Waals surface area contributed by atoms with E-state index in [1.807, 2.05) is 0 Å². The van der Waals surface area contributed by atoms with Gasteiger partial charge in [-0.2, -0.15) is 0 Å². The highest BCUT2D eigenvalue weighted by molar-refractivity contribution is 5.17. The van der Waals surface area contributed by atoms with Gasteiger partial charge in [-0.05, 0) is 25.8 Å². The molecule has 1 N–H and O–H groups in total. The van der Waals surface area contributed by atoms with Crippen LogP contribution in [0, 0.1) is 6.92 Å². The van der Waals surface area contributed by atoms with Crippen LogP contribution in [0.2, 0.25) is 0 Å². The predicted octanol–water partition coefficient (Wildman–Crippen LogP) is 2.10. The number of aryl methyl sites for hydroxylation is 1. The van der Waals surface area contributed by atoms with Crippen molar-refractivity contribution in [2.75, 3.05) is 19.8 Å². The van der Waals surface area contributed by atoms with Crippen molar-refractivity contribution in [3.8, 4) is 0 Å². The van der Waals surface area contributed by atoms with Crippen LogP contribution in [-0.4, -0.2) is 29.7 Å². The lowest BCUT2D eigenvalue weighted by molar-refractivity contribution is 0.0740. The number of hydrogen-bond acceptors (Lipinski definition) is 4. The van der Waals surface area contributed by atoms with Gasteiger partial charge in [0.1, 0.15) is 5.82 Å². The molecule has 0 radical (unpaired) electrons. The predicted molar refractivity (Wildman–Crippen MR) is 69.5 cm³/mol. The number of nitrogens with one attached hydrogen (secondary N) is 1. The molecule has 1 atom stereocenters. The first kappa shape index (κ1) is 12.1. The first-order chi connectivity index (χ1) is 8.83. The molecular weight excluding hydrogens is 226 g/mol. The molecular formula is C14H21N3O. The second kappa shape index (κ2) is 5.33. The number of nitrogens with zero attached hydrogens (tertiary/aromatic N) is 2. The molecule has 1 aliphatic heterocycles. The molecule has 1 aromatic rings. The Balaban J connectivity index is 1.84. The van der Waals surface area contributed by atoms with Crippen molar-refractivity contribution in [1.29, 1.82) is 0 Å². The summed E-state index contributed by atoms with van der Waals surface area (Å²) >= 11 is 0. The van der Waals surface area contributed by atoms with Gasteiger partial charge in [0.2, 0.25) is 0 Å². The van der Waals surface area contributed by atoms with Crippen LogP contribution >= 0.6 is 0 Å². The SMILES string of the molecule is Cc1cc(C2CCCC2)nc(C2COCCN2)n1. The van der Waals surface area contributed by atoms with Crippen LogP contribution in [0.15, 0.2) is 6.07 Å². The van der Waals surface area contributed by atoms with Gasteiger partial charge in [0, 0.05) is 23.9 Å². The Bertz CT molecular complexity index is 410. The zero-order valence-corrected chi connectivity index (χ0v) is 11.0. The van der Waals surface area contributed by atoms with Gasteiger partial charge in [-0.3, -0.25) is 0 Å². The fraction of sp³-hybridized carbons (Fsp3) is 0.714. The summed E-state index contributed by atoms with van der Waals surface area (Å²) < 4.78 is 5.50. The molecule has 4 nitrogen and oxygen atoms in total. The first-order valence-corrected chi connectivity index (χ1v) is 6.99. The Kier molecular flexibility index (Phi) is 3.57. The fourth-order valence-corrected chi connectivity index (χ4v) is 2.93. The molecule has 0 amide bonds. The first-order valence-electron chi connectivity index (χ1n) is 6.99. The lowest BCUT2D eigenvalue weighted by Crippen LogP contribution is -2.36. The van der Waals surface area contributed by atoms with Crippen LogP contribution in [0.4, 0.5) is 0 Å². The molecule has 1 saturated carbocycles. The van der Waals surface area contributed by atoms with E-state index in [0.29, 0.717) is 12.5 Å². The summed E-state index contributed by atoms with van der Waals surface area (Å²) in [6, 6.07) is 2.32. The van der Waals surface area contributed by atoms with E-state index in [0.717, 1.165) is 24.7 Å². The standard InChI is InChI=1S/C14H21N3O/c1-10-8-12(11-4-2-3-5-11)17-14(16-10)13-9-18-7-6-15-13/h8,11,13,15H,2-7,9H2,1H3. The Morgan fingerprint density at radius 3 is 2.83 bits per heavy atom. The molecule has 3 rings (SSSR count). The van der Waals surface area contributed by atoms with E-state index in [1.54, 1.807) is 0 Å². The molecule has 1 aromatic heterocycles. The van der Waals surface area contributed by atoms with Crippen molar-refractivity contribution >= 4 is 0 Å². The van der Waals surface area contributed by atoms with E-state index in [2.05, 4.69) is 23.3 Å². The molecule has 1 unspecified atom stereocenters. The summed E-state index contributed by atoms with van der Waals surface area (Å²) in [5.41, 5.74) is 2.32. The third kappa shape index (κ3) is 2.54. The molecule has 4 heteroatoms. The monoisotopic (exact) mass is 247 g/mol. The number of morpholine rings is 1. The lowest BCUT2D eigenvalue weighted by Gasteiger charge is -2.23. The third-order valence-electron chi connectivity index (χ3n) is 3.90. The van der Waals surface area contributed by atoms with Crippen molar-refractivity contribution in [3.05, 3.63) is 23.3 Å². The van der Waals surface area contributed by atoms with Crippen molar-refractivity contribution in [2.45, 2.75) is 44.6 Å². The van der Waals surface area contributed by atoms with Crippen molar-refractivity contribution in [3.63, 3.8) is 0 Å². The number of hydrogen-bond donors (Lipinski definition) is 1. The van der Waals surface area contributed by atoms with Crippen molar-refractivity contribution in [2.24, 2.45) is 0 Å². The van der Waals surface area contributed by atoms with Crippen LogP contribution in [-0.2, 0) is 4.74 Å². The maximum absolute atomic E-state index is 5.50. The van der Waals surface area contributed by atoms with E-state index in [9.17, 15) is 0 Å². The molecule has 2 fully saturated rings. The van der Waals surface area contributed by atoms with Crippen molar-refractivity contribution < 1.29 is 4.74 Å². The normalized spacial score (nSPS) is 25.5. The van der Waals surface area contributed by atoms with E-state index in [1.165, 1.54) is 31.4 Å². The molecule has 0 aromatic carbocycles. The van der Waals surface area contributed by atoms with Gasteiger partial charge < -0.3 is 10.1 Å². The van der Waals surface area contributed by atoms with Gasteiger partial charge in [0.15, 0.2) is 0 Å². The van der Waals surface area contributed by atoms with Crippen LogP contribution in [0.3, 0.4) is 0 Å². The molecule has 1 saturated heterocycles. The number of aromatic nitrogens is 2. The molecule has 0 spiro atoms. The second-order valence-electron chi connectivity index (χ2n) is 5.36. The minimum absolute atomic E-state index is 0.166. The van der Waals surface area contributed by atoms with Crippen LogP contribution in [0.1, 0.15) is 54.9 Å². The Hall–Kier alpha value is -1.00. The van der Waals surface area contributed by atoms with Crippen LogP contribution in [0.25, 0.3) is 0 Å². The van der Waals surface area contributed by atoms with Gasteiger partial charge in [-0.25, -0.2) is 9.97 Å². The third-order valence-corrected chi connectivity index (χ3v) is 3.90. The van der Waals surface area contributed by atoms with Gasteiger partial charge in [-0.15, -0.1) is 0 Å². The van der Waals surface area contributed by atoms with Gasteiger partial charge in [0.25, 0.3) is 0 Å². The van der Waals surface area contributed by atoms with E-state index < -0.39 is 0 Å². The Morgan fingerprint density at radius 1 is 1.28 bits per heavy atom. The number of rotatable bonds is 2. The van der Waals surface area contributed by atoms with E-state index in [-0.39, 0.29) is 6.04 Å². The summed E-state index contributed by atoms with van der Waals surface area (Å²) in [6.07, 6.45) is 5.25. The van der Waals surface area contributed by atoms with Crippen molar-refractivity contribution in [1.82, 2.24) is 15.3 Å². The van der Waals surface area contributed by atoms with E-state index >= 15 is 0 Å². The molecule has 0 bridgehead atoms. The maximum Gasteiger partial charge on any atom is 0.148 e. The average molecular weight is 247 g/mol. The Morgan fingerprint density at radius 2 is 2.11 bits per heavy atom. The molecule has 2 aliphatic rings. The van der Waals surface area contributed by atoms with Crippen LogP contribution < -0.4 is 5.32 Å². The highest BCUT2D eigenvalue weighted by Gasteiger charge is 2.23. The van der Waals surface area contributed by atoms with E-state index in [4.69, 9.17) is 9.72 Å². The topological polar surface area (TPSA) is 47.0 Å². The summed E-state index contributed by atoms with van der Waals surface area (Å²) in [5.74, 6) is 1.56. The van der Waals surface area contributed by atoms with Crippen LogP contribution in [0.5, 0.6) is 0 Å². The highest BCUT2D eigenvalue weighted by Crippen LogP contribution is 2.33. The minimum Gasteiger partial charge on any atom is -0.378 e. The quantitative estimate of drug-likeness (QED) is 0.869. The fourth-order valence-electron chi connectivity index (χ4n) is 2.93. The maximum atomic E-state index is 5.50. The molecule has 98 valence electrons. The van der Waals surface area contributed by atoms with Gasteiger partial charge in [0.05, 0.1) is 19.3 Å².